The van der Waals surface area contributed by atoms with Gasteiger partial charge >= 0.3 is 74.3 Å². The zero-order valence-corrected chi connectivity index (χ0v) is 110. The third-order valence-electron chi connectivity index (χ3n) is 22.6. The monoisotopic (exact) mass is 2750 g/mol. The van der Waals surface area contributed by atoms with Crippen LogP contribution < -0.4 is 9.47 Å². The molecular formula is C119H130BBr2Cl9F2I2NO4S7TiZn. The summed E-state index contributed by atoms with van der Waals surface area (Å²) in [6, 6.07) is 92.0. The van der Waals surface area contributed by atoms with E-state index in [0.29, 0.717) is 0 Å². The molecule has 0 amide bonds. The van der Waals surface area contributed by atoms with Gasteiger partial charge < -0.3 is 14.2 Å². The van der Waals surface area contributed by atoms with Crippen molar-refractivity contribution < 1.29 is 62.4 Å². The van der Waals surface area contributed by atoms with Gasteiger partial charge in [0.25, 0.3) is 0 Å². The Kier molecular flexibility index (Phi) is 68.8. The van der Waals surface area contributed by atoms with Crippen molar-refractivity contribution in [3.8, 4) is 11.5 Å². The molecule has 0 aliphatic carbocycles. The minimum absolute atomic E-state index is 0. The SMILES string of the molecule is C.C1CCOC1.CCCCSc1ccc2cc(C)ccc2c1.CCCCSc1ccc2cc(C)ccc2c1/C=C/c1c(C)ccc2cc(OC)ccc12.CCCCSc1ccc2cc(C)ccc2c1Br.CCCCSc1ccc2cc(C)ccc2c1C=O.COc1ccc2c(ccc3sc4c(sc5ccc6cc(C)ccc6c54)c32)c1.Cc1ccc2cc(Br)ccc2c1.ClC(Cl)Cl.ClCCl.II.[2H]CF.[2H]CF.[B]=NS.[Cl][Ti]([Cl])([Cl])[Cl].[Zn]. The molecule has 1 aliphatic heterocycles. The number of hydrogen-bond acceptors (Lipinski definition) is 12. The minimum atomic E-state index is -3.11. The molecular weight excluding hydrogens is 2630 g/mol. The van der Waals surface area contributed by atoms with Crippen molar-refractivity contribution in [2.45, 2.75) is 172 Å². The van der Waals surface area contributed by atoms with Crippen molar-refractivity contribution in [2.24, 2.45) is 4.30 Å². The van der Waals surface area contributed by atoms with E-state index in [2.05, 4.69) is 431 Å². The molecule has 0 unspecified atom stereocenters. The number of aryl methyl sites for hydroxylation is 7. The molecule has 0 N–H and O–H groups in total. The van der Waals surface area contributed by atoms with Gasteiger partial charge in [0.2, 0.25) is 0 Å². The first-order chi connectivity index (χ1) is 71.7. The van der Waals surface area contributed by atoms with E-state index in [0.717, 1.165) is 68.2 Å². The first kappa shape index (κ1) is 134. The molecule has 0 saturated carbocycles. The Morgan fingerprint density at radius 1 is 0.450 bits per heavy atom. The Balaban J connectivity index is 0.000000364. The van der Waals surface area contributed by atoms with Crippen molar-refractivity contribution >= 4 is 389 Å². The number of thioether (sulfide) groups is 4. The number of rotatable bonds is 21. The molecule has 149 heavy (non-hydrogen) atoms. The Labute approximate surface area is 1010 Å². The second-order valence-electron chi connectivity index (χ2n) is 33.4. The number of nitrogens with zero attached hydrogens (tertiary/aromatic N) is 1. The van der Waals surface area contributed by atoms with Crippen LogP contribution in [0.15, 0.2) is 288 Å². The van der Waals surface area contributed by atoms with Gasteiger partial charge in [0.05, 0.1) is 46.0 Å². The molecule has 1 fully saturated rings. The van der Waals surface area contributed by atoms with E-state index < -0.39 is 30.9 Å². The number of thiophene rings is 2. The Morgan fingerprint density at radius 2 is 0.745 bits per heavy atom. The van der Waals surface area contributed by atoms with Crippen LogP contribution >= 0.6 is 247 Å². The number of carbonyl (C=O) groups excluding carboxylic acids is 1. The van der Waals surface area contributed by atoms with Gasteiger partial charge in [-0.1, -0.05) is 327 Å². The van der Waals surface area contributed by atoms with E-state index in [-0.39, 0.29) is 32.2 Å². The fourth-order valence-electron chi connectivity index (χ4n) is 15.6. The maximum atomic E-state index is 11.3. The van der Waals surface area contributed by atoms with Crippen molar-refractivity contribution in [3.63, 3.8) is 0 Å². The molecule has 30 heteroatoms. The maximum Gasteiger partial charge on any atom is 0 e. The molecule has 0 atom stereocenters. The molecule has 791 valence electrons. The van der Waals surface area contributed by atoms with Crippen molar-refractivity contribution in [1.82, 2.24) is 0 Å². The summed E-state index contributed by atoms with van der Waals surface area (Å²) in [6.45, 7) is 25.9. The summed E-state index contributed by atoms with van der Waals surface area (Å²) in [7, 11) is 25.8. The summed E-state index contributed by atoms with van der Waals surface area (Å²) in [5.74, 6) is 6.47. The van der Waals surface area contributed by atoms with Gasteiger partial charge in [0, 0.05) is 124 Å². The molecule has 1 radical (unpaired) electrons. The topological polar surface area (TPSA) is 57.1 Å². The molecule has 19 rings (SSSR count). The average molecular weight is 2760 g/mol. The molecule has 18 aromatic rings. The summed E-state index contributed by atoms with van der Waals surface area (Å²) < 4.78 is 56.7. The zero-order valence-electron chi connectivity index (χ0n) is 87.4. The van der Waals surface area contributed by atoms with Crippen molar-refractivity contribution in [2.75, 3.05) is 70.1 Å². The third kappa shape index (κ3) is 46.1. The van der Waals surface area contributed by atoms with E-state index in [9.17, 15) is 13.6 Å². The van der Waals surface area contributed by atoms with E-state index >= 15 is 0 Å². The number of alkyl halides is 7. The largest absolute Gasteiger partial charge is 0 e. The van der Waals surface area contributed by atoms with Crippen LogP contribution in [0.1, 0.15) is 163 Å². The van der Waals surface area contributed by atoms with Gasteiger partial charge in [-0.05, 0) is 314 Å². The second kappa shape index (κ2) is 76.4. The van der Waals surface area contributed by atoms with Crippen LogP contribution in [0.5, 0.6) is 11.5 Å². The van der Waals surface area contributed by atoms with Gasteiger partial charge in [0.1, 0.15) is 11.5 Å². The van der Waals surface area contributed by atoms with Gasteiger partial charge in [-0.2, -0.15) is 0 Å². The zero-order chi connectivity index (χ0) is 109. The molecule has 0 bridgehead atoms. The normalized spacial score (nSPS) is 11.1. The van der Waals surface area contributed by atoms with E-state index in [1.54, 1.807) is 26.0 Å². The van der Waals surface area contributed by atoms with Gasteiger partial charge in [-0.15, -0.1) is 92.9 Å². The van der Waals surface area contributed by atoms with E-state index in [4.69, 9.17) is 112 Å². The molecule has 3 heterocycles. The fraction of sp³-hybridized carbons (Fsp3) is 0.286. The Hall–Kier alpha value is -3.41. The molecule has 16 aromatic carbocycles. The number of aldehydes is 1. The Bertz CT molecular complexity index is 7200. The van der Waals surface area contributed by atoms with Gasteiger partial charge in [-0.25, -0.2) is 0 Å². The minimum Gasteiger partial charge on any atom is 0 e. The number of thiol groups is 1. The van der Waals surface area contributed by atoms with E-state index in [1.165, 1.54) is 250 Å². The van der Waals surface area contributed by atoms with Crippen LogP contribution in [0, 0.1) is 48.5 Å². The molecule has 1 aliphatic rings. The van der Waals surface area contributed by atoms with Crippen LogP contribution in [-0.4, -0.2) is 88.3 Å². The number of ether oxygens (including phenoxy) is 3. The Morgan fingerprint density at radius 3 is 1.17 bits per heavy atom. The number of unbranched alkanes of at least 4 members (excludes halogenated alkanes) is 4. The summed E-state index contributed by atoms with van der Waals surface area (Å²) >= 11 is 47.0. The third-order valence-corrected chi connectivity index (χ3v) is 31.3. The van der Waals surface area contributed by atoms with E-state index in [1.807, 2.05) is 64.0 Å². The first-order valence-electron chi connectivity index (χ1n) is 48.8. The predicted octanol–water partition coefficient (Wildman–Crippen LogP) is 46.9. The number of benzene rings is 16. The number of hydrogen-bond donors (Lipinski definition) is 1. The summed E-state index contributed by atoms with van der Waals surface area (Å²) in [6.07, 6.45) is 18.1. The standard InChI is InChI=1S/C29H30OS.C24H16OS2.C16H18OS.C15H17BrS.C15H18S.C11H9Br.C4H8O.CHCl3.CH2Cl2.2CH3F.CH4.BHNS.4ClH.I2.Ti.Zn/c1-5-6-17-31-29-16-10-22-18-20(2)7-12-27(22)28(29)15-14-25-21(3)8-9-23-19-24(30-4)11-13-26(23)25;1-13-3-7-17-14(11-13)4-9-19-21(17)23-24(26-19)22-18-8-6-16(25-2)12-15(18)5-10-20(22)27-23;1-3-4-9-18-16-8-6-13-10-12(2)5-7-14(13)15(16)11-17;1-3-4-9-17-14-8-6-12-10-11(2)5-7-13(12)15(14)16;1-3-4-9-16-15-8-7-13-10-12(2)5-6-14(13)11-15;1-8-2-3-10-7-11(12)5-4-9(10)6-8;1-2-4-5-3-1;2-1(3)4;2-1-3;2*1-2;;1-2-3;;;;;1-2;;/h7-16,18-19H,5-6,17H2,1-4H3;3-12H,1-2H3;5-8,10-11H,3-4,9H2,1-2H3;5-8,10H,3-4,9H2,1-2H3;5-8,10-11H,3-4,9H2,1-2H3;2-7H,1H3;1-4H2;1H;1H2;2*1H3;1H4;3H;4*1H;;;/q;;;;;;;;;;;;;;;;;;+4;/p-4/b15-14+;;;;;;;;;;;;;;;;;;;/i;;;;;;;;;2*1D;;;;;;;;;. The van der Waals surface area contributed by atoms with Crippen molar-refractivity contribution in [3.05, 3.63) is 319 Å². The summed E-state index contributed by atoms with van der Waals surface area (Å²) in [4.78, 5) is 16.6. The van der Waals surface area contributed by atoms with Gasteiger partial charge in [0.15, 0.2) is 10.6 Å². The number of halogens is 15. The van der Waals surface area contributed by atoms with Crippen LogP contribution in [0.3, 0.4) is 0 Å². The van der Waals surface area contributed by atoms with Crippen LogP contribution in [-0.2, 0) is 36.6 Å². The fourth-order valence-corrected chi connectivity index (χ4v) is 24.0. The number of fused-ring (bicyclic) bond motifs is 15. The molecule has 1 saturated heterocycles. The number of carbonyl (C=O) groups is 1. The molecule has 5 nitrogen and oxygen atoms in total. The molecule has 0 spiro atoms. The van der Waals surface area contributed by atoms with Gasteiger partial charge in [-0.3, -0.25) is 13.6 Å². The number of methoxy groups -OCH3 is 2. The smallest absolute Gasteiger partial charge is 0 e. The summed E-state index contributed by atoms with van der Waals surface area (Å²) in [5, 5.41) is 23.5. The second-order valence-corrected chi connectivity index (χ2v) is 60.3. The quantitative estimate of drug-likeness (QED) is 0.0112. The predicted molar refractivity (Wildman–Crippen MR) is 699 cm³/mol. The average Bonchev–Trinajstić information content (AvgIpc) is 1.56. The van der Waals surface area contributed by atoms with Crippen LogP contribution in [0.2, 0.25) is 0 Å². The van der Waals surface area contributed by atoms with Crippen molar-refractivity contribution in [1.29, 1.82) is 0 Å². The first-order valence-corrected chi connectivity index (χ1v) is 72.2. The van der Waals surface area contributed by atoms with Crippen LogP contribution in [0.4, 0.5) is 8.78 Å². The maximum absolute atomic E-state index is 11.3. The summed E-state index contributed by atoms with van der Waals surface area (Å²) in [5.41, 5.74) is 12.5. The molecule has 2 aromatic heterocycles. The van der Waals surface area contributed by atoms with Crippen LogP contribution in [0.25, 0.3) is 128 Å².